The number of aromatic nitrogens is 2. The van der Waals surface area contributed by atoms with Crippen LogP contribution in [0.5, 0.6) is 0 Å². The van der Waals surface area contributed by atoms with Crippen LogP contribution >= 0.6 is 23.1 Å². The largest absolute Gasteiger partial charge is 0.298 e. The molecule has 2 aromatic heterocycles. The van der Waals surface area contributed by atoms with Gasteiger partial charge in [-0.15, -0.1) is 11.3 Å². The van der Waals surface area contributed by atoms with Crippen LogP contribution < -0.4 is 5.32 Å². The van der Waals surface area contributed by atoms with Crippen molar-refractivity contribution >= 4 is 34.1 Å². The second-order valence-electron chi connectivity index (χ2n) is 5.48. The molecule has 0 aliphatic heterocycles. The van der Waals surface area contributed by atoms with E-state index >= 15 is 0 Å². The minimum Gasteiger partial charge on any atom is -0.298 e. The van der Waals surface area contributed by atoms with Gasteiger partial charge in [0, 0.05) is 23.7 Å². The zero-order chi connectivity index (χ0) is 18.5. The summed E-state index contributed by atoms with van der Waals surface area (Å²) in [6.45, 7) is 2.03. The van der Waals surface area contributed by atoms with Crippen molar-refractivity contribution in [2.45, 2.75) is 24.1 Å². The molecule has 3 rings (SSSR count). The number of carbonyl (C=O) groups is 1. The molecule has 1 N–H and O–H groups in total. The highest BCUT2D eigenvalue weighted by molar-refractivity contribution is 7.99. The second-order valence-corrected chi connectivity index (χ2v) is 7.58. The minimum absolute atomic E-state index is 0.00330. The van der Waals surface area contributed by atoms with Gasteiger partial charge in [0.2, 0.25) is 0 Å². The molecule has 2 heterocycles. The number of amides is 1. The molecule has 0 atom stereocenters. The first-order valence-electron chi connectivity index (χ1n) is 7.72. The highest BCUT2D eigenvalue weighted by atomic mass is 32.2. The SMILES string of the molecule is Cc1ccc(Cc2cnc(NC(=O)c3cccnc3SC(F)F)s2)cc1. The maximum absolute atomic E-state index is 12.6. The maximum Gasteiger partial charge on any atom is 0.290 e. The summed E-state index contributed by atoms with van der Waals surface area (Å²) in [5.41, 5.74) is 2.45. The first kappa shape index (κ1) is 18.5. The number of thioether (sulfide) groups is 1. The molecule has 4 nitrogen and oxygen atoms in total. The zero-order valence-corrected chi connectivity index (χ0v) is 15.4. The van der Waals surface area contributed by atoms with Gasteiger partial charge in [0.25, 0.3) is 11.7 Å². The fourth-order valence-electron chi connectivity index (χ4n) is 2.26. The summed E-state index contributed by atoms with van der Waals surface area (Å²) in [5, 5.41) is 3.08. The first-order valence-corrected chi connectivity index (χ1v) is 9.42. The fraction of sp³-hybridized carbons (Fsp3) is 0.167. The molecule has 0 saturated carbocycles. The average molecular weight is 391 g/mol. The van der Waals surface area contributed by atoms with E-state index in [1.807, 2.05) is 19.1 Å². The first-order chi connectivity index (χ1) is 12.5. The van der Waals surface area contributed by atoms with Crippen molar-refractivity contribution in [1.29, 1.82) is 0 Å². The van der Waals surface area contributed by atoms with Crippen LogP contribution in [0.2, 0.25) is 0 Å². The molecule has 1 amide bonds. The van der Waals surface area contributed by atoms with E-state index in [4.69, 9.17) is 0 Å². The van der Waals surface area contributed by atoms with Crippen LogP contribution in [0.3, 0.4) is 0 Å². The lowest BCUT2D eigenvalue weighted by molar-refractivity contribution is 0.102. The number of hydrogen-bond acceptors (Lipinski definition) is 5. The summed E-state index contributed by atoms with van der Waals surface area (Å²) in [5.74, 6) is -3.14. The Balaban J connectivity index is 1.69. The quantitative estimate of drug-likeness (QED) is 0.601. The summed E-state index contributed by atoms with van der Waals surface area (Å²) in [7, 11) is 0. The highest BCUT2D eigenvalue weighted by Crippen LogP contribution is 2.27. The summed E-state index contributed by atoms with van der Waals surface area (Å²) < 4.78 is 25.2. The number of rotatable bonds is 6. The molecule has 134 valence electrons. The number of nitrogens with one attached hydrogen (secondary N) is 1. The van der Waals surface area contributed by atoms with E-state index in [1.165, 1.54) is 35.2 Å². The third-order valence-corrected chi connectivity index (χ3v) is 5.13. The van der Waals surface area contributed by atoms with Crippen LogP contribution in [0.15, 0.2) is 53.8 Å². The molecule has 0 aliphatic rings. The van der Waals surface area contributed by atoms with Gasteiger partial charge in [-0.25, -0.2) is 9.97 Å². The monoisotopic (exact) mass is 391 g/mol. The van der Waals surface area contributed by atoms with Crippen LogP contribution in [0.4, 0.5) is 13.9 Å². The molecule has 0 aliphatic carbocycles. The van der Waals surface area contributed by atoms with E-state index in [9.17, 15) is 13.6 Å². The number of thiazole rings is 1. The van der Waals surface area contributed by atoms with Crippen molar-refractivity contribution in [2.75, 3.05) is 5.32 Å². The van der Waals surface area contributed by atoms with Crippen molar-refractivity contribution in [2.24, 2.45) is 0 Å². The van der Waals surface area contributed by atoms with Gasteiger partial charge in [-0.3, -0.25) is 10.1 Å². The van der Waals surface area contributed by atoms with Gasteiger partial charge < -0.3 is 0 Å². The van der Waals surface area contributed by atoms with Gasteiger partial charge in [-0.1, -0.05) is 29.8 Å². The van der Waals surface area contributed by atoms with Gasteiger partial charge >= 0.3 is 0 Å². The molecule has 0 unspecified atom stereocenters. The Morgan fingerprint density at radius 3 is 2.73 bits per heavy atom. The maximum atomic E-state index is 12.6. The number of halogens is 2. The molecule has 3 aromatic rings. The van der Waals surface area contributed by atoms with Crippen LogP contribution in [0, 0.1) is 6.92 Å². The molecule has 0 radical (unpaired) electrons. The molecule has 0 spiro atoms. The molecule has 0 saturated heterocycles. The van der Waals surface area contributed by atoms with E-state index < -0.39 is 11.7 Å². The summed E-state index contributed by atoms with van der Waals surface area (Å²) in [6.07, 6.45) is 3.80. The highest BCUT2D eigenvalue weighted by Gasteiger charge is 2.17. The predicted molar refractivity (Wildman–Crippen MR) is 100 cm³/mol. The van der Waals surface area contributed by atoms with Gasteiger partial charge in [-0.05, 0) is 36.4 Å². The Bertz CT molecular complexity index is 897. The number of alkyl halides is 2. The zero-order valence-electron chi connectivity index (χ0n) is 13.8. The van der Waals surface area contributed by atoms with Gasteiger partial charge in [0.1, 0.15) is 5.03 Å². The molecule has 1 aromatic carbocycles. The Morgan fingerprint density at radius 1 is 1.23 bits per heavy atom. The van der Waals surface area contributed by atoms with E-state index in [0.29, 0.717) is 11.6 Å². The summed E-state index contributed by atoms with van der Waals surface area (Å²) in [4.78, 5) is 21.4. The second kappa shape index (κ2) is 8.37. The third-order valence-electron chi connectivity index (χ3n) is 3.49. The van der Waals surface area contributed by atoms with E-state index in [2.05, 4.69) is 27.4 Å². The third kappa shape index (κ3) is 4.86. The van der Waals surface area contributed by atoms with Crippen molar-refractivity contribution in [3.63, 3.8) is 0 Å². The summed E-state index contributed by atoms with van der Waals surface area (Å²) in [6, 6.07) is 11.2. The molecule has 26 heavy (non-hydrogen) atoms. The molecule has 8 heteroatoms. The number of pyridine rings is 1. The average Bonchev–Trinajstić information content (AvgIpc) is 3.04. The number of hydrogen-bond donors (Lipinski definition) is 1. The van der Waals surface area contributed by atoms with Crippen LogP contribution in [0.1, 0.15) is 26.4 Å². The van der Waals surface area contributed by atoms with E-state index in [-0.39, 0.29) is 22.4 Å². The van der Waals surface area contributed by atoms with Gasteiger partial charge in [0.05, 0.1) is 5.56 Å². The van der Waals surface area contributed by atoms with E-state index in [1.54, 1.807) is 6.20 Å². The Kier molecular flexibility index (Phi) is 5.95. The van der Waals surface area contributed by atoms with Crippen molar-refractivity contribution in [3.8, 4) is 0 Å². The topological polar surface area (TPSA) is 54.9 Å². The Hall–Kier alpha value is -2.32. The van der Waals surface area contributed by atoms with Crippen molar-refractivity contribution in [3.05, 3.63) is 70.4 Å². The number of carbonyl (C=O) groups excluding carboxylic acids is 1. The van der Waals surface area contributed by atoms with Crippen molar-refractivity contribution < 1.29 is 13.6 Å². The fourth-order valence-corrected chi connectivity index (χ4v) is 3.68. The lowest BCUT2D eigenvalue weighted by atomic mass is 10.1. The molecule has 0 fully saturated rings. The number of aryl methyl sites for hydroxylation is 1. The van der Waals surface area contributed by atoms with Crippen LogP contribution in [0.25, 0.3) is 0 Å². The lowest BCUT2D eigenvalue weighted by Crippen LogP contribution is -2.13. The lowest BCUT2D eigenvalue weighted by Gasteiger charge is -2.06. The molecular weight excluding hydrogens is 376 g/mol. The van der Waals surface area contributed by atoms with Crippen molar-refractivity contribution in [1.82, 2.24) is 9.97 Å². The van der Waals surface area contributed by atoms with Crippen LogP contribution in [-0.2, 0) is 6.42 Å². The molecule has 0 bridgehead atoms. The Labute approximate surface area is 157 Å². The Morgan fingerprint density at radius 2 is 2.00 bits per heavy atom. The van der Waals surface area contributed by atoms with E-state index in [0.717, 1.165) is 10.4 Å². The number of nitrogens with zero attached hydrogens (tertiary/aromatic N) is 2. The van der Waals surface area contributed by atoms with Crippen LogP contribution in [-0.4, -0.2) is 21.6 Å². The van der Waals surface area contributed by atoms with Gasteiger partial charge in [-0.2, -0.15) is 8.78 Å². The molecular formula is C18H15F2N3OS2. The minimum atomic E-state index is -2.64. The smallest absolute Gasteiger partial charge is 0.290 e. The number of benzene rings is 1. The van der Waals surface area contributed by atoms with Gasteiger partial charge in [0.15, 0.2) is 5.13 Å². The summed E-state index contributed by atoms with van der Waals surface area (Å²) >= 11 is 1.61. The predicted octanol–water partition coefficient (Wildman–Crippen LogP) is 5.00. The normalized spacial score (nSPS) is 10.9. The number of anilines is 1. The standard InChI is InChI=1S/C18H15F2N3OS2/c1-11-4-6-12(7-5-11)9-13-10-22-18(25-13)23-15(24)14-3-2-8-21-16(14)26-17(19)20/h2-8,10,17H,9H2,1H3,(H,22,23,24).